The predicted octanol–water partition coefficient (Wildman–Crippen LogP) is 1.24. The van der Waals surface area contributed by atoms with Gasteiger partial charge in [-0.25, -0.2) is 4.39 Å². The molecular weight excluding hydrogens is 197 g/mol. The molecule has 1 aromatic carbocycles. The number of amides is 1. The minimum Gasteiger partial charge on any atom is -0.359 e. The van der Waals surface area contributed by atoms with E-state index in [0.29, 0.717) is 5.56 Å². The van der Waals surface area contributed by atoms with Crippen LogP contribution in [0, 0.1) is 5.82 Å². The highest BCUT2D eigenvalue weighted by atomic mass is 19.1. The number of likely N-dealkylation sites (N-methyl/N-ethyl adjacent to an activating group) is 1. The lowest BCUT2D eigenvalue weighted by molar-refractivity contribution is -0.122. The van der Waals surface area contributed by atoms with Gasteiger partial charge in [-0.1, -0.05) is 12.1 Å². The molecule has 0 bridgehead atoms. The summed E-state index contributed by atoms with van der Waals surface area (Å²) in [5, 5.41) is 2.44. The Morgan fingerprint density at radius 2 is 2.27 bits per heavy atom. The van der Waals surface area contributed by atoms with Crippen molar-refractivity contribution in [1.82, 2.24) is 5.32 Å². The van der Waals surface area contributed by atoms with Gasteiger partial charge in [0.2, 0.25) is 5.91 Å². The molecule has 4 heteroatoms. The second-order valence-electron chi connectivity index (χ2n) is 3.50. The van der Waals surface area contributed by atoms with Crippen LogP contribution in [0.1, 0.15) is 28.3 Å². The largest absolute Gasteiger partial charge is 0.359 e. The molecule has 0 spiro atoms. The Balaban J connectivity index is 2.53. The highest BCUT2D eigenvalue weighted by Crippen LogP contribution is 2.34. The molecule has 1 N–H and O–H groups in total. The number of rotatable bonds is 1. The highest BCUT2D eigenvalue weighted by Gasteiger charge is 2.35. The molecule has 0 aromatic heterocycles. The van der Waals surface area contributed by atoms with Gasteiger partial charge in [0.05, 0.1) is 5.92 Å². The smallest absolute Gasteiger partial charge is 0.227 e. The van der Waals surface area contributed by atoms with Crippen molar-refractivity contribution in [3.05, 3.63) is 35.1 Å². The summed E-state index contributed by atoms with van der Waals surface area (Å²) in [6.45, 7) is 0. The van der Waals surface area contributed by atoms with Gasteiger partial charge in [-0.05, 0) is 6.07 Å². The average molecular weight is 207 g/mol. The molecule has 1 aliphatic rings. The molecule has 2 rings (SSSR count). The molecule has 1 aromatic rings. The minimum atomic E-state index is -0.668. The van der Waals surface area contributed by atoms with Crippen LogP contribution in [-0.4, -0.2) is 18.7 Å². The van der Waals surface area contributed by atoms with E-state index < -0.39 is 11.7 Å². The summed E-state index contributed by atoms with van der Waals surface area (Å²) in [6, 6.07) is 4.31. The van der Waals surface area contributed by atoms with Crippen molar-refractivity contribution in [2.75, 3.05) is 7.05 Å². The third-order valence-corrected chi connectivity index (χ3v) is 2.65. The molecular formula is C11H10FNO2. The van der Waals surface area contributed by atoms with Gasteiger partial charge in [0.1, 0.15) is 5.82 Å². The van der Waals surface area contributed by atoms with E-state index in [4.69, 9.17) is 0 Å². The molecule has 0 saturated carbocycles. The van der Waals surface area contributed by atoms with E-state index >= 15 is 0 Å². The number of fused-ring (bicyclic) bond motifs is 1. The minimum absolute atomic E-state index is 0.0654. The quantitative estimate of drug-likeness (QED) is 0.753. The van der Waals surface area contributed by atoms with Crippen LogP contribution in [0.15, 0.2) is 18.2 Å². The Kier molecular flexibility index (Phi) is 2.26. The van der Waals surface area contributed by atoms with Crippen molar-refractivity contribution in [2.24, 2.45) is 0 Å². The SMILES string of the molecule is CNC(=O)C1CC(=O)c2cccc(F)c21. The van der Waals surface area contributed by atoms with Gasteiger partial charge in [0.15, 0.2) is 5.78 Å². The van der Waals surface area contributed by atoms with E-state index in [1.807, 2.05) is 0 Å². The van der Waals surface area contributed by atoms with E-state index in [-0.39, 0.29) is 23.7 Å². The second-order valence-corrected chi connectivity index (χ2v) is 3.50. The molecule has 15 heavy (non-hydrogen) atoms. The first kappa shape index (κ1) is 9.83. The lowest BCUT2D eigenvalue weighted by Gasteiger charge is -2.09. The summed E-state index contributed by atoms with van der Waals surface area (Å²) in [5.41, 5.74) is 0.574. The first-order valence-corrected chi connectivity index (χ1v) is 4.68. The molecule has 3 nitrogen and oxygen atoms in total. The van der Waals surface area contributed by atoms with Gasteiger partial charge in [0, 0.05) is 24.6 Å². The number of Topliss-reactive ketones (excluding diaryl/α,β-unsaturated/α-hetero) is 1. The van der Waals surface area contributed by atoms with Crippen LogP contribution >= 0.6 is 0 Å². The van der Waals surface area contributed by atoms with E-state index in [0.717, 1.165) is 0 Å². The summed E-state index contributed by atoms with van der Waals surface area (Å²) < 4.78 is 13.5. The zero-order valence-corrected chi connectivity index (χ0v) is 8.21. The Morgan fingerprint density at radius 1 is 1.53 bits per heavy atom. The lowest BCUT2D eigenvalue weighted by Crippen LogP contribution is -2.25. The molecule has 1 amide bonds. The van der Waals surface area contributed by atoms with Crippen LogP contribution in [0.5, 0.6) is 0 Å². The number of hydrogen-bond donors (Lipinski definition) is 1. The van der Waals surface area contributed by atoms with Crippen molar-refractivity contribution in [3.63, 3.8) is 0 Å². The third kappa shape index (κ3) is 1.42. The Bertz CT molecular complexity index is 442. The first-order chi connectivity index (χ1) is 7.15. The summed E-state index contributed by atoms with van der Waals surface area (Å²) in [5.74, 6) is -1.63. The number of hydrogen-bond acceptors (Lipinski definition) is 2. The van der Waals surface area contributed by atoms with Gasteiger partial charge in [-0.15, -0.1) is 0 Å². The topological polar surface area (TPSA) is 46.2 Å². The highest BCUT2D eigenvalue weighted by molar-refractivity contribution is 6.06. The first-order valence-electron chi connectivity index (χ1n) is 4.68. The average Bonchev–Trinajstić information content (AvgIpc) is 2.57. The number of halogens is 1. The summed E-state index contributed by atoms with van der Waals surface area (Å²) in [7, 11) is 1.48. The van der Waals surface area contributed by atoms with Crippen LogP contribution in [0.4, 0.5) is 4.39 Å². The normalized spacial score (nSPS) is 18.8. The van der Waals surface area contributed by atoms with Crippen LogP contribution in [0.2, 0.25) is 0 Å². The molecule has 1 unspecified atom stereocenters. The Hall–Kier alpha value is -1.71. The van der Waals surface area contributed by atoms with Crippen LogP contribution in [-0.2, 0) is 4.79 Å². The molecule has 0 fully saturated rings. The maximum Gasteiger partial charge on any atom is 0.227 e. The van der Waals surface area contributed by atoms with E-state index in [1.165, 1.54) is 19.2 Å². The standard InChI is InChI=1S/C11H10FNO2/c1-13-11(15)7-5-9(14)6-3-2-4-8(12)10(6)7/h2-4,7H,5H2,1H3,(H,13,15). The fraction of sp³-hybridized carbons (Fsp3) is 0.273. The number of ketones is 1. The number of carbonyl (C=O) groups is 2. The monoisotopic (exact) mass is 207 g/mol. The second kappa shape index (κ2) is 3.46. The fourth-order valence-electron chi connectivity index (χ4n) is 1.93. The summed E-state index contributed by atoms with van der Waals surface area (Å²) in [4.78, 5) is 22.9. The number of benzene rings is 1. The molecule has 0 aliphatic heterocycles. The van der Waals surface area contributed by atoms with E-state index in [9.17, 15) is 14.0 Å². The van der Waals surface area contributed by atoms with Crippen molar-refractivity contribution < 1.29 is 14.0 Å². The summed E-state index contributed by atoms with van der Waals surface area (Å²) >= 11 is 0. The van der Waals surface area contributed by atoms with Crippen molar-refractivity contribution in [2.45, 2.75) is 12.3 Å². The van der Waals surface area contributed by atoms with Gasteiger partial charge in [-0.2, -0.15) is 0 Å². The Labute approximate surface area is 86.3 Å². The number of carbonyl (C=O) groups excluding carboxylic acids is 2. The zero-order valence-electron chi connectivity index (χ0n) is 8.21. The fourth-order valence-corrected chi connectivity index (χ4v) is 1.93. The lowest BCUT2D eigenvalue weighted by atomic mass is 10.00. The van der Waals surface area contributed by atoms with Crippen LogP contribution in [0.25, 0.3) is 0 Å². The van der Waals surface area contributed by atoms with Crippen LogP contribution in [0.3, 0.4) is 0 Å². The summed E-state index contributed by atoms with van der Waals surface area (Å²) in [6.07, 6.45) is 0.0654. The van der Waals surface area contributed by atoms with E-state index in [1.54, 1.807) is 6.07 Å². The number of nitrogens with one attached hydrogen (secondary N) is 1. The van der Waals surface area contributed by atoms with Gasteiger partial charge >= 0.3 is 0 Å². The van der Waals surface area contributed by atoms with E-state index in [2.05, 4.69) is 5.32 Å². The third-order valence-electron chi connectivity index (χ3n) is 2.65. The van der Waals surface area contributed by atoms with Gasteiger partial charge in [0.25, 0.3) is 0 Å². The van der Waals surface area contributed by atoms with Crippen molar-refractivity contribution in [3.8, 4) is 0 Å². The zero-order chi connectivity index (χ0) is 11.0. The van der Waals surface area contributed by atoms with Crippen LogP contribution < -0.4 is 5.32 Å². The molecule has 1 aliphatic carbocycles. The molecule has 78 valence electrons. The maximum atomic E-state index is 13.5. The van der Waals surface area contributed by atoms with Crippen molar-refractivity contribution in [1.29, 1.82) is 0 Å². The molecule has 0 radical (unpaired) electrons. The molecule has 0 saturated heterocycles. The maximum absolute atomic E-state index is 13.5. The molecule has 1 atom stereocenters. The Morgan fingerprint density at radius 3 is 2.93 bits per heavy atom. The van der Waals surface area contributed by atoms with Crippen molar-refractivity contribution >= 4 is 11.7 Å². The van der Waals surface area contributed by atoms with Gasteiger partial charge < -0.3 is 5.32 Å². The van der Waals surface area contributed by atoms with Gasteiger partial charge in [-0.3, -0.25) is 9.59 Å². The molecule has 0 heterocycles. The predicted molar refractivity (Wildman–Crippen MR) is 52.2 cm³/mol.